The van der Waals surface area contributed by atoms with Gasteiger partial charge in [-0.05, 0) is 17.7 Å². The number of rotatable bonds is 7. The van der Waals surface area contributed by atoms with Crippen LogP contribution in [0.3, 0.4) is 0 Å². The zero-order valence-corrected chi connectivity index (χ0v) is 14.6. The average Bonchev–Trinajstić information content (AvgIpc) is 2.71. The largest absolute Gasteiger partial charge is 0.496 e. The first-order valence-electron chi connectivity index (χ1n) is 8.29. The molecule has 0 aromatic heterocycles. The van der Waals surface area contributed by atoms with Gasteiger partial charge in [0.05, 0.1) is 7.11 Å². The lowest BCUT2D eigenvalue weighted by molar-refractivity contribution is -0.144. The number of methoxy groups -OCH3 is 1. The fraction of sp³-hybridized carbons (Fsp3) is 0.136. The van der Waals surface area contributed by atoms with Crippen LogP contribution in [0.15, 0.2) is 79.4 Å². The number of carbonyl (C=O) groups is 1. The number of benzene rings is 3. The molecule has 0 heterocycles. The Balaban J connectivity index is 1.86. The van der Waals surface area contributed by atoms with Crippen molar-refractivity contribution in [1.82, 2.24) is 0 Å². The molecule has 0 saturated carbocycles. The molecule has 0 amide bonds. The third-order valence-corrected chi connectivity index (χ3v) is 4.05. The molecule has 3 rings (SSSR count). The molecule has 1 atom stereocenters. The van der Waals surface area contributed by atoms with Crippen LogP contribution in [-0.2, 0) is 9.53 Å². The molecule has 0 bridgehead atoms. The summed E-state index contributed by atoms with van der Waals surface area (Å²) in [4.78, 5) is 11.7. The van der Waals surface area contributed by atoms with Gasteiger partial charge in [0.15, 0.2) is 6.10 Å². The van der Waals surface area contributed by atoms with E-state index in [1.54, 1.807) is 7.11 Å². The Morgan fingerprint density at radius 3 is 2.23 bits per heavy atom. The topological polar surface area (TPSA) is 44.8 Å². The van der Waals surface area contributed by atoms with Gasteiger partial charge in [0.2, 0.25) is 0 Å². The predicted molar refractivity (Wildman–Crippen MR) is 101 cm³/mol. The normalized spacial score (nSPS) is 11.6. The summed E-state index contributed by atoms with van der Waals surface area (Å²) in [6, 6.07) is 21.1. The van der Waals surface area contributed by atoms with Crippen LogP contribution in [0, 0.1) is 0 Å². The lowest BCUT2D eigenvalue weighted by Crippen LogP contribution is -2.17. The molecule has 0 aliphatic rings. The quantitative estimate of drug-likeness (QED) is 0.459. The van der Waals surface area contributed by atoms with E-state index in [-0.39, 0.29) is 6.61 Å². The van der Waals surface area contributed by atoms with Crippen LogP contribution in [0.5, 0.6) is 11.5 Å². The Bertz CT molecular complexity index is 902. The SMILES string of the molecule is C=CC(=O)OC(COc1ccc(OC)c2ccccc12)c1ccccc1. The van der Waals surface area contributed by atoms with Crippen molar-refractivity contribution < 1.29 is 19.0 Å². The van der Waals surface area contributed by atoms with Gasteiger partial charge in [-0.25, -0.2) is 4.79 Å². The van der Waals surface area contributed by atoms with Gasteiger partial charge < -0.3 is 14.2 Å². The minimum atomic E-state index is -0.525. The summed E-state index contributed by atoms with van der Waals surface area (Å²) in [7, 11) is 1.64. The van der Waals surface area contributed by atoms with Gasteiger partial charge >= 0.3 is 5.97 Å². The van der Waals surface area contributed by atoms with E-state index in [1.807, 2.05) is 66.7 Å². The minimum absolute atomic E-state index is 0.194. The molecular formula is C22H20O4. The molecule has 0 radical (unpaired) electrons. The Kier molecular flexibility index (Phi) is 5.54. The molecule has 3 aromatic rings. The van der Waals surface area contributed by atoms with E-state index in [1.165, 1.54) is 0 Å². The molecule has 0 spiro atoms. The van der Waals surface area contributed by atoms with Gasteiger partial charge in [-0.15, -0.1) is 0 Å². The summed E-state index contributed by atoms with van der Waals surface area (Å²) < 4.78 is 16.9. The summed E-state index contributed by atoms with van der Waals surface area (Å²) in [5, 5.41) is 1.90. The molecule has 0 fully saturated rings. The van der Waals surface area contributed by atoms with Gasteiger partial charge in [-0.1, -0.05) is 61.2 Å². The molecule has 0 aliphatic carbocycles. The molecule has 0 N–H and O–H groups in total. The van der Waals surface area contributed by atoms with E-state index in [0.717, 1.165) is 28.2 Å². The van der Waals surface area contributed by atoms with Crippen LogP contribution in [0.4, 0.5) is 0 Å². The number of carbonyl (C=O) groups excluding carboxylic acids is 1. The Morgan fingerprint density at radius 2 is 1.58 bits per heavy atom. The second-order valence-corrected chi connectivity index (χ2v) is 5.66. The number of fused-ring (bicyclic) bond motifs is 1. The molecule has 0 aliphatic heterocycles. The third-order valence-electron chi connectivity index (χ3n) is 4.05. The number of ether oxygens (including phenoxy) is 3. The molecular weight excluding hydrogens is 328 g/mol. The maximum Gasteiger partial charge on any atom is 0.330 e. The maximum atomic E-state index is 11.7. The fourth-order valence-corrected chi connectivity index (χ4v) is 2.77. The average molecular weight is 348 g/mol. The molecule has 132 valence electrons. The highest BCUT2D eigenvalue weighted by Gasteiger charge is 2.17. The van der Waals surface area contributed by atoms with Gasteiger partial charge in [0, 0.05) is 16.8 Å². The Labute approximate surface area is 152 Å². The maximum absolute atomic E-state index is 11.7. The van der Waals surface area contributed by atoms with Gasteiger partial charge in [-0.3, -0.25) is 0 Å². The van der Waals surface area contributed by atoms with Crippen molar-refractivity contribution >= 4 is 16.7 Å². The van der Waals surface area contributed by atoms with E-state index in [2.05, 4.69) is 6.58 Å². The van der Waals surface area contributed by atoms with Crippen molar-refractivity contribution in [3.8, 4) is 11.5 Å². The fourth-order valence-electron chi connectivity index (χ4n) is 2.77. The van der Waals surface area contributed by atoms with Crippen molar-refractivity contribution in [2.45, 2.75) is 6.10 Å². The second-order valence-electron chi connectivity index (χ2n) is 5.66. The Morgan fingerprint density at radius 1 is 0.962 bits per heavy atom. The van der Waals surface area contributed by atoms with Gasteiger partial charge in [0.1, 0.15) is 18.1 Å². The monoisotopic (exact) mass is 348 g/mol. The summed E-state index contributed by atoms with van der Waals surface area (Å²) in [5.41, 5.74) is 0.862. The molecule has 26 heavy (non-hydrogen) atoms. The first-order chi connectivity index (χ1) is 12.7. The van der Waals surface area contributed by atoms with Crippen LogP contribution in [0.1, 0.15) is 11.7 Å². The van der Waals surface area contributed by atoms with Crippen molar-refractivity contribution in [1.29, 1.82) is 0 Å². The summed E-state index contributed by atoms with van der Waals surface area (Å²) in [6.45, 7) is 3.65. The van der Waals surface area contributed by atoms with Gasteiger partial charge in [0.25, 0.3) is 0 Å². The van der Waals surface area contributed by atoms with Crippen LogP contribution in [-0.4, -0.2) is 19.7 Å². The van der Waals surface area contributed by atoms with Crippen LogP contribution < -0.4 is 9.47 Å². The Hall–Kier alpha value is -3.27. The van der Waals surface area contributed by atoms with Crippen molar-refractivity contribution in [2.24, 2.45) is 0 Å². The predicted octanol–water partition coefficient (Wildman–Crippen LogP) is 4.70. The molecule has 1 unspecified atom stereocenters. The molecule has 4 heteroatoms. The van der Waals surface area contributed by atoms with Gasteiger partial charge in [-0.2, -0.15) is 0 Å². The first kappa shape index (κ1) is 17.5. The lowest BCUT2D eigenvalue weighted by Gasteiger charge is -2.19. The summed E-state index contributed by atoms with van der Waals surface area (Å²) in [5.74, 6) is 1.00. The molecule has 0 saturated heterocycles. The van der Waals surface area contributed by atoms with Crippen LogP contribution >= 0.6 is 0 Å². The second kappa shape index (κ2) is 8.21. The highest BCUT2D eigenvalue weighted by molar-refractivity contribution is 5.93. The van der Waals surface area contributed by atoms with E-state index < -0.39 is 12.1 Å². The zero-order valence-electron chi connectivity index (χ0n) is 14.6. The van der Waals surface area contributed by atoms with E-state index >= 15 is 0 Å². The highest BCUT2D eigenvalue weighted by atomic mass is 16.6. The summed E-state index contributed by atoms with van der Waals surface area (Å²) in [6.07, 6.45) is 0.626. The van der Waals surface area contributed by atoms with Crippen LogP contribution in [0.2, 0.25) is 0 Å². The minimum Gasteiger partial charge on any atom is -0.496 e. The van der Waals surface area contributed by atoms with Crippen molar-refractivity contribution in [2.75, 3.05) is 13.7 Å². The van der Waals surface area contributed by atoms with E-state index in [9.17, 15) is 4.79 Å². The third kappa shape index (κ3) is 3.86. The lowest BCUT2D eigenvalue weighted by atomic mass is 10.1. The van der Waals surface area contributed by atoms with Crippen molar-refractivity contribution in [3.63, 3.8) is 0 Å². The first-order valence-corrected chi connectivity index (χ1v) is 8.29. The van der Waals surface area contributed by atoms with Crippen LogP contribution in [0.25, 0.3) is 10.8 Å². The zero-order chi connectivity index (χ0) is 18.4. The number of hydrogen-bond donors (Lipinski definition) is 0. The van der Waals surface area contributed by atoms with E-state index in [0.29, 0.717) is 5.75 Å². The van der Waals surface area contributed by atoms with E-state index in [4.69, 9.17) is 14.2 Å². The molecule has 4 nitrogen and oxygen atoms in total. The summed E-state index contributed by atoms with van der Waals surface area (Å²) >= 11 is 0. The van der Waals surface area contributed by atoms with Crippen molar-refractivity contribution in [3.05, 3.63) is 84.9 Å². The highest BCUT2D eigenvalue weighted by Crippen LogP contribution is 2.33. The smallest absolute Gasteiger partial charge is 0.330 e. The number of esters is 1. The standard InChI is InChI=1S/C22H20O4/c1-3-22(23)26-21(16-9-5-4-6-10-16)15-25-20-14-13-19(24-2)17-11-7-8-12-18(17)20/h3-14,21H,1,15H2,2H3. The molecule has 3 aromatic carbocycles. The number of hydrogen-bond acceptors (Lipinski definition) is 4.